The van der Waals surface area contributed by atoms with Crippen molar-refractivity contribution in [2.45, 2.75) is 89.8 Å². The summed E-state index contributed by atoms with van der Waals surface area (Å²) in [4.78, 5) is 0. The van der Waals surface area contributed by atoms with Gasteiger partial charge in [0.1, 0.15) is 5.75 Å². The third-order valence-corrected chi connectivity index (χ3v) is 5.02. The van der Waals surface area contributed by atoms with Gasteiger partial charge in [0.25, 0.3) is 0 Å². The first-order valence-electron chi connectivity index (χ1n) is 10.4. The summed E-state index contributed by atoms with van der Waals surface area (Å²) in [5, 5.41) is 0. The maximum Gasteiger partial charge on any atom is 0.199 e. The summed E-state index contributed by atoms with van der Waals surface area (Å²) in [6.45, 7) is 4.61. The molecule has 1 fully saturated rings. The van der Waals surface area contributed by atoms with Crippen molar-refractivity contribution in [2.24, 2.45) is 0 Å². The van der Waals surface area contributed by atoms with Crippen LogP contribution in [0.3, 0.4) is 0 Å². The molecule has 0 saturated carbocycles. The Morgan fingerprint density at radius 2 is 1.28 bits per heavy atom. The topological polar surface area (TPSA) is 18.5 Å². The molecule has 2 rings (SSSR count). The Hall–Kier alpha value is -1.28. The second-order valence-corrected chi connectivity index (χ2v) is 7.22. The quantitative estimate of drug-likeness (QED) is 0.580. The lowest BCUT2D eigenvalue weighted by atomic mass is 10.0. The van der Waals surface area contributed by atoms with Gasteiger partial charge in [-0.05, 0) is 30.5 Å². The van der Waals surface area contributed by atoms with Crippen LogP contribution in [0.5, 0.6) is 5.75 Å². The van der Waals surface area contributed by atoms with Crippen molar-refractivity contribution in [3.63, 3.8) is 0 Å². The van der Waals surface area contributed by atoms with Gasteiger partial charge in [0.15, 0.2) is 6.29 Å². The molecule has 0 bridgehead atoms. The van der Waals surface area contributed by atoms with E-state index in [-0.39, 0.29) is 6.29 Å². The molecule has 1 heterocycles. The van der Waals surface area contributed by atoms with E-state index in [1.165, 1.54) is 70.6 Å². The monoisotopic (exact) mass is 344 g/mol. The van der Waals surface area contributed by atoms with Crippen molar-refractivity contribution in [2.75, 3.05) is 6.61 Å². The highest BCUT2D eigenvalue weighted by molar-refractivity contribution is 5.48. The number of hydrogen-bond acceptors (Lipinski definition) is 2. The van der Waals surface area contributed by atoms with Crippen LogP contribution >= 0.6 is 0 Å². The lowest BCUT2D eigenvalue weighted by Crippen LogP contribution is -2.21. The van der Waals surface area contributed by atoms with Gasteiger partial charge < -0.3 is 9.47 Å². The van der Waals surface area contributed by atoms with Crippen molar-refractivity contribution >= 4 is 6.08 Å². The predicted octanol–water partition coefficient (Wildman–Crippen LogP) is 7.14. The summed E-state index contributed by atoms with van der Waals surface area (Å²) < 4.78 is 12.2. The Bertz CT molecular complexity index is 436. The molecule has 1 aliphatic rings. The Balaban J connectivity index is 1.80. The van der Waals surface area contributed by atoms with Gasteiger partial charge in [0.05, 0.1) is 6.61 Å². The minimum atomic E-state index is -0.109. The minimum absolute atomic E-state index is 0.109. The van der Waals surface area contributed by atoms with Crippen LogP contribution in [-0.4, -0.2) is 12.9 Å². The molecule has 0 spiro atoms. The van der Waals surface area contributed by atoms with Crippen molar-refractivity contribution in [1.82, 2.24) is 0 Å². The van der Waals surface area contributed by atoms with E-state index in [0.29, 0.717) is 0 Å². The zero-order chi connectivity index (χ0) is 17.6. The van der Waals surface area contributed by atoms with E-state index < -0.39 is 0 Å². The highest BCUT2D eigenvalue weighted by Gasteiger charge is 2.11. The summed E-state index contributed by atoms with van der Waals surface area (Å²) >= 11 is 0. The standard InChI is InChI=1S/C23H36O2/c1-2-21-16-18-22(19-17-21)25-23-15-13-11-9-7-5-3-4-6-8-10-12-14-20-24-23/h2,16-19,23H,1,3-15,20H2. The Morgan fingerprint density at radius 3 is 1.84 bits per heavy atom. The fourth-order valence-electron chi connectivity index (χ4n) is 3.41. The van der Waals surface area contributed by atoms with E-state index in [4.69, 9.17) is 9.47 Å². The third kappa shape index (κ3) is 9.11. The third-order valence-electron chi connectivity index (χ3n) is 5.02. The van der Waals surface area contributed by atoms with E-state index in [1.807, 2.05) is 30.3 Å². The summed E-state index contributed by atoms with van der Waals surface area (Å²) in [6.07, 6.45) is 18.8. The first kappa shape index (κ1) is 20.0. The van der Waals surface area contributed by atoms with E-state index >= 15 is 0 Å². The average molecular weight is 345 g/mol. The largest absolute Gasteiger partial charge is 0.465 e. The van der Waals surface area contributed by atoms with Crippen LogP contribution in [0.25, 0.3) is 6.08 Å². The molecule has 0 amide bonds. The molecule has 0 N–H and O–H groups in total. The van der Waals surface area contributed by atoms with Gasteiger partial charge >= 0.3 is 0 Å². The second-order valence-electron chi connectivity index (χ2n) is 7.22. The summed E-state index contributed by atoms with van der Waals surface area (Å²) in [7, 11) is 0. The van der Waals surface area contributed by atoms with E-state index in [1.54, 1.807) is 0 Å². The average Bonchev–Trinajstić information content (AvgIpc) is 2.64. The fourth-order valence-corrected chi connectivity index (χ4v) is 3.41. The maximum atomic E-state index is 6.10. The van der Waals surface area contributed by atoms with Crippen LogP contribution in [0, 0.1) is 0 Å². The Labute approximate surface area is 154 Å². The van der Waals surface area contributed by atoms with Gasteiger partial charge in [-0.3, -0.25) is 0 Å². The Kier molecular flexibility index (Phi) is 10.4. The molecule has 0 radical (unpaired) electrons. The van der Waals surface area contributed by atoms with Crippen LogP contribution in [-0.2, 0) is 4.74 Å². The van der Waals surface area contributed by atoms with Gasteiger partial charge in [-0.2, -0.15) is 0 Å². The highest BCUT2D eigenvalue weighted by Crippen LogP contribution is 2.19. The number of rotatable bonds is 3. The van der Waals surface area contributed by atoms with Crippen LogP contribution in [0.4, 0.5) is 0 Å². The molecule has 1 aromatic carbocycles. The second kappa shape index (κ2) is 13.0. The van der Waals surface area contributed by atoms with Crippen molar-refractivity contribution < 1.29 is 9.47 Å². The van der Waals surface area contributed by atoms with Crippen LogP contribution in [0.1, 0.15) is 89.0 Å². The predicted molar refractivity (Wildman–Crippen MR) is 107 cm³/mol. The Morgan fingerprint density at radius 1 is 0.760 bits per heavy atom. The fraction of sp³-hybridized carbons (Fsp3) is 0.652. The number of ether oxygens (including phenoxy) is 2. The zero-order valence-corrected chi connectivity index (χ0v) is 15.9. The van der Waals surface area contributed by atoms with Gasteiger partial charge in [-0.25, -0.2) is 0 Å². The van der Waals surface area contributed by atoms with Crippen molar-refractivity contribution in [3.8, 4) is 5.75 Å². The molecule has 0 aliphatic carbocycles. The lowest BCUT2D eigenvalue weighted by molar-refractivity contribution is -0.0865. The molecule has 2 nitrogen and oxygen atoms in total. The maximum absolute atomic E-state index is 6.10. The van der Waals surface area contributed by atoms with E-state index in [0.717, 1.165) is 30.8 Å². The van der Waals surface area contributed by atoms with Crippen LogP contribution in [0.2, 0.25) is 0 Å². The number of hydrogen-bond donors (Lipinski definition) is 0. The number of benzene rings is 1. The van der Waals surface area contributed by atoms with Crippen molar-refractivity contribution in [1.29, 1.82) is 0 Å². The summed E-state index contributed by atoms with van der Waals surface area (Å²) in [5.74, 6) is 0.894. The molecule has 1 aromatic rings. The van der Waals surface area contributed by atoms with Crippen molar-refractivity contribution in [3.05, 3.63) is 36.4 Å². The molecule has 140 valence electrons. The first-order chi connectivity index (χ1) is 12.4. The molecule has 1 aliphatic heterocycles. The smallest absolute Gasteiger partial charge is 0.199 e. The molecule has 0 aromatic heterocycles. The molecule has 1 unspecified atom stereocenters. The van der Waals surface area contributed by atoms with Gasteiger partial charge in [-0.15, -0.1) is 0 Å². The van der Waals surface area contributed by atoms with E-state index in [9.17, 15) is 0 Å². The molecular formula is C23H36O2. The molecule has 1 saturated heterocycles. The molecular weight excluding hydrogens is 308 g/mol. The first-order valence-corrected chi connectivity index (χ1v) is 10.4. The van der Waals surface area contributed by atoms with Gasteiger partial charge in [0.2, 0.25) is 0 Å². The van der Waals surface area contributed by atoms with Crippen LogP contribution in [0.15, 0.2) is 30.8 Å². The SMILES string of the molecule is C=Cc1ccc(OC2CCCCCCCCCCCCCCO2)cc1. The van der Waals surface area contributed by atoms with Crippen LogP contribution < -0.4 is 4.74 Å². The van der Waals surface area contributed by atoms with Gasteiger partial charge in [-0.1, -0.05) is 89.0 Å². The van der Waals surface area contributed by atoms with Gasteiger partial charge in [0, 0.05) is 6.42 Å². The molecule has 2 heteroatoms. The normalized spacial score (nSPS) is 22.2. The summed E-state index contributed by atoms with van der Waals surface area (Å²) in [5.41, 5.74) is 1.12. The molecule has 25 heavy (non-hydrogen) atoms. The lowest BCUT2D eigenvalue weighted by Gasteiger charge is -2.20. The zero-order valence-electron chi connectivity index (χ0n) is 15.9. The highest BCUT2D eigenvalue weighted by atomic mass is 16.7. The minimum Gasteiger partial charge on any atom is -0.465 e. The summed E-state index contributed by atoms with van der Waals surface area (Å²) in [6, 6.07) is 8.11. The molecule has 1 atom stereocenters. The van der Waals surface area contributed by atoms with E-state index in [2.05, 4.69) is 6.58 Å².